The number of para-hydroxylation sites is 1. The van der Waals surface area contributed by atoms with Crippen LogP contribution in [0.3, 0.4) is 0 Å². The Kier molecular flexibility index (Phi) is 8.60. The fourth-order valence-electron chi connectivity index (χ4n) is 2.45. The summed E-state index contributed by atoms with van der Waals surface area (Å²) >= 11 is 1.29. The number of aryl methyl sites for hydroxylation is 1. The molecular weight excluding hydrogens is 390 g/mol. The molecule has 1 aromatic heterocycles. The molecule has 0 saturated carbocycles. The molecule has 3 N–H and O–H groups in total. The van der Waals surface area contributed by atoms with Crippen LogP contribution in [0.1, 0.15) is 47.2 Å². The number of carbonyl (C=O) groups excluding carboxylic acids is 2. The minimum atomic E-state index is -0.362. The average molecular weight is 418 g/mol. The van der Waals surface area contributed by atoms with Gasteiger partial charge in [-0.25, -0.2) is 14.8 Å². The van der Waals surface area contributed by atoms with E-state index in [0.717, 1.165) is 10.7 Å². The normalized spacial score (nSPS) is 12.2. The van der Waals surface area contributed by atoms with Crippen LogP contribution in [0.25, 0.3) is 0 Å². The minimum absolute atomic E-state index is 0.0259. The summed E-state index contributed by atoms with van der Waals surface area (Å²) in [4.78, 5) is 33.4. The largest absolute Gasteiger partial charge is 0.462 e. The summed E-state index contributed by atoms with van der Waals surface area (Å²) < 4.78 is 5.07. The Bertz CT molecular complexity index is 851. The standard InChI is InChI=1S/C20H27N5O3S/c1-5-21-20(22-12-16(26)25-15-10-8-7-9-11-15)24-14(4)18-23-13(3)17(29-18)19(27)28-6-2/h7-11,14H,5-6,12H2,1-4H3,(H,25,26)(H2,21,22,24). The van der Waals surface area contributed by atoms with Crippen molar-refractivity contribution in [3.05, 3.63) is 45.9 Å². The van der Waals surface area contributed by atoms with Gasteiger partial charge in [-0.2, -0.15) is 0 Å². The quantitative estimate of drug-likeness (QED) is 0.347. The van der Waals surface area contributed by atoms with Crippen LogP contribution in [-0.4, -0.2) is 42.5 Å². The molecule has 156 valence electrons. The fraction of sp³-hybridized carbons (Fsp3) is 0.400. The molecule has 9 heteroatoms. The van der Waals surface area contributed by atoms with Gasteiger partial charge in [0.15, 0.2) is 5.96 Å². The van der Waals surface area contributed by atoms with Crippen molar-refractivity contribution in [2.45, 2.75) is 33.7 Å². The topological polar surface area (TPSA) is 105 Å². The van der Waals surface area contributed by atoms with Crippen molar-refractivity contribution in [3.8, 4) is 0 Å². The molecule has 2 rings (SSSR count). The Morgan fingerprint density at radius 1 is 1.24 bits per heavy atom. The van der Waals surface area contributed by atoms with Gasteiger partial charge in [-0.15, -0.1) is 11.3 Å². The van der Waals surface area contributed by atoms with Crippen molar-refractivity contribution in [1.29, 1.82) is 0 Å². The summed E-state index contributed by atoms with van der Waals surface area (Å²) in [5, 5.41) is 9.87. The van der Waals surface area contributed by atoms with Gasteiger partial charge in [-0.05, 0) is 39.8 Å². The lowest BCUT2D eigenvalue weighted by atomic mass is 10.3. The second-order valence-corrected chi connectivity index (χ2v) is 7.19. The minimum Gasteiger partial charge on any atom is -0.462 e. The number of carbonyl (C=O) groups is 2. The fourth-order valence-corrected chi connectivity index (χ4v) is 3.41. The third kappa shape index (κ3) is 6.86. The first-order valence-corrected chi connectivity index (χ1v) is 10.3. The van der Waals surface area contributed by atoms with E-state index in [1.165, 1.54) is 11.3 Å². The molecule has 0 bridgehead atoms. The molecule has 1 amide bonds. The van der Waals surface area contributed by atoms with E-state index in [9.17, 15) is 9.59 Å². The first-order chi connectivity index (χ1) is 13.9. The highest BCUT2D eigenvalue weighted by Gasteiger charge is 2.20. The maximum absolute atomic E-state index is 12.1. The third-order valence-corrected chi connectivity index (χ3v) is 5.10. The summed E-state index contributed by atoms with van der Waals surface area (Å²) in [6, 6.07) is 9.03. The molecule has 0 radical (unpaired) electrons. The molecule has 0 spiro atoms. The van der Waals surface area contributed by atoms with Crippen LogP contribution in [0.15, 0.2) is 35.3 Å². The highest BCUT2D eigenvalue weighted by atomic mass is 32.1. The lowest BCUT2D eigenvalue weighted by Crippen LogP contribution is -2.39. The van der Waals surface area contributed by atoms with Crippen molar-refractivity contribution in [1.82, 2.24) is 15.6 Å². The summed E-state index contributed by atoms with van der Waals surface area (Å²) in [5.74, 6) is -0.0800. The molecule has 1 aromatic carbocycles. The van der Waals surface area contributed by atoms with Gasteiger partial charge in [-0.3, -0.25) is 4.79 Å². The number of nitrogens with one attached hydrogen (secondary N) is 3. The van der Waals surface area contributed by atoms with E-state index in [4.69, 9.17) is 4.74 Å². The number of guanidine groups is 1. The average Bonchev–Trinajstić information content (AvgIpc) is 3.09. The summed E-state index contributed by atoms with van der Waals surface area (Å²) in [5.41, 5.74) is 1.37. The van der Waals surface area contributed by atoms with Crippen LogP contribution in [0.2, 0.25) is 0 Å². The number of thiazole rings is 1. The van der Waals surface area contributed by atoms with Crippen LogP contribution in [0, 0.1) is 6.92 Å². The third-order valence-electron chi connectivity index (χ3n) is 3.78. The zero-order valence-corrected chi connectivity index (χ0v) is 17.9. The van der Waals surface area contributed by atoms with Crippen molar-refractivity contribution in [2.75, 3.05) is 25.0 Å². The van der Waals surface area contributed by atoms with Gasteiger partial charge in [0.25, 0.3) is 0 Å². The van der Waals surface area contributed by atoms with Gasteiger partial charge >= 0.3 is 5.97 Å². The van der Waals surface area contributed by atoms with Crippen LogP contribution < -0.4 is 16.0 Å². The van der Waals surface area contributed by atoms with Crippen LogP contribution in [0.4, 0.5) is 5.69 Å². The number of nitrogens with zero attached hydrogens (tertiary/aromatic N) is 2. The Hall–Kier alpha value is -2.94. The monoisotopic (exact) mass is 417 g/mol. The Morgan fingerprint density at radius 3 is 2.62 bits per heavy atom. The molecule has 0 aliphatic rings. The van der Waals surface area contributed by atoms with E-state index in [1.807, 2.05) is 44.2 Å². The molecule has 29 heavy (non-hydrogen) atoms. The summed E-state index contributed by atoms with van der Waals surface area (Å²) in [6.07, 6.45) is 0. The predicted octanol–water partition coefficient (Wildman–Crippen LogP) is 2.88. The molecule has 1 unspecified atom stereocenters. The second-order valence-electron chi connectivity index (χ2n) is 6.16. The maximum Gasteiger partial charge on any atom is 0.350 e. The Labute approximate surface area is 174 Å². The van der Waals surface area contributed by atoms with Crippen LogP contribution in [0.5, 0.6) is 0 Å². The molecule has 0 fully saturated rings. The van der Waals surface area contributed by atoms with Crippen LogP contribution >= 0.6 is 11.3 Å². The molecule has 0 aliphatic carbocycles. The van der Waals surface area contributed by atoms with Gasteiger partial charge in [0, 0.05) is 12.2 Å². The van der Waals surface area contributed by atoms with Crippen molar-refractivity contribution in [2.24, 2.45) is 4.99 Å². The second kappa shape index (κ2) is 11.2. The van der Waals surface area contributed by atoms with Gasteiger partial charge < -0.3 is 20.7 Å². The summed E-state index contributed by atoms with van der Waals surface area (Å²) in [7, 11) is 0. The van der Waals surface area contributed by atoms with Crippen molar-refractivity contribution < 1.29 is 14.3 Å². The maximum atomic E-state index is 12.1. The van der Waals surface area contributed by atoms with E-state index < -0.39 is 0 Å². The number of hydrogen-bond acceptors (Lipinski definition) is 6. The van der Waals surface area contributed by atoms with Gasteiger partial charge in [0.2, 0.25) is 5.91 Å². The zero-order chi connectivity index (χ0) is 21.2. The van der Waals surface area contributed by atoms with E-state index in [2.05, 4.69) is 25.9 Å². The number of hydrogen-bond donors (Lipinski definition) is 3. The molecule has 0 aliphatic heterocycles. The van der Waals surface area contributed by atoms with E-state index in [0.29, 0.717) is 29.7 Å². The molecular formula is C20H27N5O3S. The number of amides is 1. The lowest BCUT2D eigenvalue weighted by molar-refractivity contribution is -0.114. The zero-order valence-electron chi connectivity index (χ0n) is 17.1. The molecule has 2 aromatic rings. The molecule has 1 atom stereocenters. The SMILES string of the molecule is CCNC(=NCC(=O)Nc1ccccc1)NC(C)c1nc(C)c(C(=O)OCC)s1. The lowest BCUT2D eigenvalue weighted by Gasteiger charge is -2.16. The highest BCUT2D eigenvalue weighted by molar-refractivity contribution is 7.13. The number of anilines is 1. The first kappa shape index (κ1) is 22.4. The molecule has 8 nitrogen and oxygen atoms in total. The molecule has 1 heterocycles. The Morgan fingerprint density at radius 2 is 1.97 bits per heavy atom. The van der Waals surface area contributed by atoms with E-state index in [-0.39, 0.29) is 24.5 Å². The number of benzene rings is 1. The smallest absolute Gasteiger partial charge is 0.350 e. The van der Waals surface area contributed by atoms with Crippen LogP contribution in [-0.2, 0) is 9.53 Å². The molecule has 0 saturated heterocycles. The van der Waals surface area contributed by atoms with Gasteiger partial charge in [0.05, 0.1) is 18.3 Å². The van der Waals surface area contributed by atoms with E-state index >= 15 is 0 Å². The van der Waals surface area contributed by atoms with E-state index in [1.54, 1.807) is 13.8 Å². The highest BCUT2D eigenvalue weighted by Crippen LogP contribution is 2.24. The predicted molar refractivity (Wildman–Crippen MR) is 115 cm³/mol. The van der Waals surface area contributed by atoms with Crippen molar-refractivity contribution >= 4 is 34.9 Å². The summed E-state index contributed by atoms with van der Waals surface area (Å²) in [6.45, 7) is 8.36. The number of aromatic nitrogens is 1. The van der Waals surface area contributed by atoms with Gasteiger partial charge in [0.1, 0.15) is 16.4 Å². The first-order valence-electron chi connectivity index (χ1n) is 9.48. The number of aliphatic imine (C=N–C) groups is 1. The number of ether oxygens (including phenoxy) is 1. The Balaban J connectivity index is 2.01. The van der Waals surface area contributed by atoms with Crippen molar-refractivity contribution in [3.63, 3.8) is 0 Å². The van der Waals surface area contributed by atoms with Gasteiger partial charge in [-0.1, -0.05) is 18.2 Å². The number of rotatable bonds is 8. The number of esters is 1.